The van der Waals surface area contributed by atoms with E-state index in [0.29, 0.717) is 18.8 Å². The molecule has 7 nitrogen and oxygen atoms in total. The van der Waals surface area contributed by atoms with Crippen LogP contribution in [0.1, 0.15) is 10.4 Å². The number of ether oxygens (including phenoxy) is 1. The number of carboxylic acids is 1. The van der Waals surface area contributed by atoms with Gasteiger partial charge in [-0.15, -0.1) is 0 Å². The number of hydrogen-bond donors (Lipinski definition) is 1. The minimum absolute atomic E-state index is 0.106. The zero-order chi connectivity index (χ0) is 13.7. The molecule has 0 aliphatic rings. The summed E-state index contributed by atoms with van der Waals surface area (Å²) in [7, 11) is 3.22. The van der Waals surface area contributed by atoms with Crippen molar-refractivity contribution in [3.63, 3.8) is 0 Å². The Morgan fingerprint density at radius 1 is 1.56 bits per heavy atom. The Kier molecular flexibility index (Phi) is 4.61. The van der Waals surface area contributed by atoms with Crippen LogP contribution in [0.25, 0.3) is 0 Å². The molecule has 98 valence electrons. The molecule has 0 spiro atoms. The molecule has 0 saturated heterocycles. The van der Waals surface area contributed by atoms with Crippen molar-refractivity contribution < 1.29 is 19.6 Å². The minimum Gasteiger partial charge on any atom is -0.478 e. The van der Waals surface area contributed by atoms with Crippen LogP contribution in [0.4, 0.5) is 11.4 Å². The van der Waals surface area contributed by atoms with E-state index in [1.165, 1.54) is 19.2 Å². The molecular weight excluding hydrogens is 240 g/mol. The Morgan fingerprint density at radius 3 is 2.72 bits per heavy atom. The van der Waals surface area contributed by atoms with Crippen molar-refractivity contribution in [3.8, 4) is 0 Å². The highest BCUT2D eigenvalue weighted by Gasteiger charge is 2.19. The van der Waals surface area contributed by atoms with Crippen LogP contribution >= 0.6 is 0 Å². The molecule has 1 aromatic rings. The standard InChI is InChI=1S/C11H14N2O5/c1-12(5-6-18-2)9-4-3-8(11(14)15)7-10(9)13(16)17/h3-4,7H,5-6H2,1-2H3,(H,14,15). The number of nitro benzene ring substituents is 1. The van der Waals surface area contributed by atoms with Crippen LogP contribution in [0.2, 0.25) is 0 Å². The van der Waals surface area contributed by atoms with Crippen LogP contribution in [0, 0.1) is 10.1 Å². The van der Waals surface area contributed by atoms with Crippen LogP contribution < -0.4 is 4.90 Å². The lowest BCUT2D eigenvalue weighted by Crippen LogP contribution is -2.23. The van der Waals surface area contributed by atoms with E-state index in [1.807, 2.05) is 0 Å². The van der Waals surface area contributed by atoms with Crippen LogP contribution in [-0.4, -0.2) is 43.3 Å². The maximum Gasteiger partial charge on any atom is 0.335 e. The smallest absolute Gasteiger partial charge is 0.335 e. The number of aromatic carboxylic acids is 1. The Labute approximate surface area is 104 Å². The summed E-state index contributed by atoms with van der Waals surface area (Å²) in [5.41, 5.74) is 0.0288. The van der Waals surface area contributed by atoms with Gasteiger partial charge in [0.25, 0.3) is 5.69 Å². The molecule has 0 aliphatic heterocycles. The van der Waals surface area contributed by atoms with Crippen LogP contribution in [-0.2, 0) is 4.74 Å². The summed E-state index contributed by atoms with van der Waals surface area (Å²) in [6.07, 6.45) is 0. The van der Waals surface area contributed by atoms with E-state index in [-0.39, 0.29) is 11.3 Å². The van der Waals surface area contributed by atoms with Gasteiger partial charge in [0.1, 0.15) is 5.69 Å². The third kappa shape index (κ3) is 3.17. The molecule has 0 radical (unpaired) electrons. The van der Waals surface area contributed by atoms with Gasteiger partial charge in [0.15, 0.2) is 0 Å². The largest absolute Gasteiger partial charge is 0.478 e. The topological polar surface area (TPSA) is 92.9 Å². The monoisotopic (exact) mass is 254 g/mol. The summed E-state index contributed by atoms with van der Waals surface area (Å²) in [6.45, 7) is 0.901. The second kappa shape index (κ2) is 5.97. The fourth-order valence-corrected chi connectivity index (χ4v) is 1.47. The summed E-state index contributed by atoms with van der Waals surface area (Å²) < 4.78 is 4.89. The lowest BCUT2D eigenvalue weighted by Gasteiger charge is -2.18. The van der Waals surface area contributed by atoms with Crippen molar-refractivity contribution in [1.82, 2.24) is 0 Å². The predicted octanol–water partition coefficient (Wildman–Crippen LogP) is 1.38. The van der Waals surface area contributed by atoms with Gasteiger partial charge in [-0.3, -0.25) is 10.1 Å². The molecule has 0 atom stereocenters. The second-order valence-corrected chi connectivity index (χ2v) is 3.68. The zero-order valence-electron chi connectivity index (χ0n) is 10.1. The number of hydrogen-bond acceptors (Lipinski definition) is 5. The molecule has 0 heterocycles. The summed E-state index contributed by atoms with van der Waals surface area (Å²) >= 11 is 0. The normalized spacial score (nSPS) is 10.1. The zero-order valence-corrected chi connectivity index (χ0v) is 10.1. The van der Waals surface area contributed by atoms with Crippen molar-refractivity contribution in [1.29, 1.82) is 0 Å². The van der Waals surface area contributed by atoms with Crippen molar-refractivity contribution in [2.24, 2.45) is 0 Å². The van der Waals surface area contributed by atoms with Crippen molar-refractivity contribution in [2.75, 3.05) is 32.2 Å². The molecule has 18 heavy (non-hydrogen) atoms. The third-order valence-electron chi connectivity index (χ3n) is 2.46. The number of nitrogens with zero attached hydrogens (tertiary/aromatic N) is 2. The summed E-state index contributed by atoms with van der Waals surface area (Å²) in [5.74, 6) is -1.19. The van der Waals surface area contributed by atoms with E-state index in [0.717, 1.165) is 6.07 Å². The van der Waals surface area contributed by atoms with Crippen molar-refractivity contribution in [3.05, 3.63) is 33.9 Å². The molecule has 0 aromatic heterocycles. The number of carbonyl (C=O) groups is 1. The van der Waals surface area contributed by atoms with Gasteiger partial charge in [0.05, 0.1) is 17.1 Å². The quantitative estimate of drug-likeness (QED) is 0.608. The van der Waals surface area contributed by atoms with Crippen LogP contribution in [0.15, 0.2) is 18.2 Å². The Morgan fingerprint density at radius 2 is 2.22 bits per heavy atom. The highest BCUT2D eigenvalue weighted by molar-refractivity contribution is 5.89. The summed E-state index contributed by atoms with van der Waals surface area (Å²) in [4.78, 5) is 22.8. The minimum atomic E-state index is -1.19. The SMILES string of the molecule is COCCN(C)c1ccc(C(=O)O)cc1[N+](=O)[O-]. The maximum absolute atomic E-state index is 10.9. The van der Waals surface area contributed by atoms with Crippen molar-refractivity contribution >= 4 is 17.3 Å². The van der Waals surface area contributed by atoms with E-state index in [9.17, 15) is 14.9 Å². The highest BCUT2D eigenvalue weighted by Crippen LogP contribution is 2.28. The average molecular weight is 254 g/mol. The summed E-state index contributed by atoms with van der Waals surface area (Å²) in [5, 5.41) is 19.7. The number of likely N-dealkylation sites (N-methyl/N-ethyl adjacent to an activating group) is 1. The van der Waals surface area contributed by atoms with Gasteiger partial charge in [-0.05, 0) is 12.1 Å². The number of carboxylic acid groups (broad SMARTS) is 1. The van der Waals surface area contributed by atoms with Gasteiger partial charge in [-0.25, -0.2) is 4.79 Å². The molecule has 1 rings (SSSR count). The molecule has 0 bridgehead atoms. The molecule has 0 aliphatic carbocycles. The highest BCUT2D eigenvalue weighted by atomic mass is 16.6. The maximum atomic E-state index is 10.9. The van der Waals surface area contributed by atoms with E-state index >= 15 is 0 Å². The number of rotatable bonds is 6. The lowest BCUT2D eigenvalue weighted by molar-refractivity contribution is -0.384. The molecule has 0 fully saturated rings. The third-order valence-corrected chi connectivity index (χ3v) is 2.46. The Balaban J connectivity index is 3.11. The average Bonchev–Trinajstić information content (AvgIpc) is 2.34. The lowest BCUT2D eigenvalue weighted by atomic mass is 10.1. The molecule has 0 amide bonds. The number of anilines is 1. The predicted molar refractivity (Wildman–Crippen MR) is 65.2 cm³/mol. The molecule has 0 saturated carbocycles. The van der Waals surface area contributed by atoms with Gasteiger partial charge in [-0.1, -0.05) is 0 Å². The van der Waals surface area contributed by atoms with Gasteiger partial charge >= 0.3 is 5.97 Å². The van der Waals surface area contributed by atoms with Gasteiger partial charge in [0.2, 0.25) is 0 Å². The van der Waals surface area contributed by atoms with E-state index < -0.39 is 10.9 Å². The van der Waals surface area contributed by atoms with E-state index in [2.05, 4.69) is 0 Å². The Hall–Kier alpha value is -2.15. The molecule has 7 heteroatoms. The number of nitro groups is 1. The fraction of sp³-hybridized carbons (Fsp3) is 0.364. The Bertz CT molecular complexity index is 461. The number of methoxy groups -OCH3 is 1. The van der Waals surface area contributed by atoms with Gasteiger partial charge < -0.3 is 14.7 Å². The first-order valence-electron chi connectivity index (χ1n) is 5.19. The first kappa shape index (κ1) is 13.9. The first-order chi connectivity index (χ1) is 8.47. The van der Waals surface area contributed by atoms with Crippen molar-refractivity contribution in [2.45, 2.75) is 0 Å². The van der Waals surface area contributed by atoms with E-state index in [4.69, 9.17) is 9.84 Å². The first-order valence-corrected chi connectivity index (χ1v) is 5.19. The second-order valence-electron chi connectivity index (χ2n) is 3.68. The fourth-order valence-electron chi connectivity index (χ4n) is 1.47. The van der Waals surface area contributed by atoms with Crippen LogP contribution in [0.3, 0.4) is 0 Å². The molecule has 1 aromatic carbocycles. The molecule has 0 unspecified atom stereocenters. The van der Waals surface area contributed by atoms with Gasteiger partial charge in [0, 0.05) is 26.8 Å². The molecular formula is C11H14N2O5. The van der Waals surface area contributed by atoms with Crippen LogP contribution in [0.5, 0.6) is 0 Å². The van der Waals surface area contributed by atoms with Gasteiger partial charge in [-0.2, -0.15) is 0 Å². The van der Waals surface area contributed by atoms with E-state index in [1.54, 1.807) is 11.9 Å². The number of benzene rings is 1. The molecule has 1 N–H and O–H groups in total. The summed E-state index contributed by atoms with van der Waals surface area (Å²) in [6, 6.07) is 3.83.